The van der Waals surface area contributed by atoms with E-state index in [0.717, 1.165) is 42.3 Å². The highest BCUT2D eigenvalue weighted by molar-refractivity contribution is 6.31. The minimum Gasteiger partial charge on any atom is -0.337 e. The molecule has 4 heteroatoms. The van der Waals surface area contributed by atoms with E-state index >= 15 is 0 Å². The van der Waals surface area contributed by atoms with Gasteiger partial charge in [-0.05, 0) is 54.9 Å². The zero-order valence-electron chi connectivity index (χ0n) is 14.1. The second-order valence-corrected chi connectivity index (χ2v) is 7.20. The lowest BCUT2D eigenvalue weighted by Gasteiger charge is -2.18. The number of halogens is 2. The Kier molecular flexibility index (Phi) is 6.55. The van der Waals surface area contributed by atoms with Crippen LogP contribution in [0, 0.1) is 5.92 Å². The lowest BCUT2D eigenvalue weighted by Crippen LogP contribution is -2.10. The largest absolute Gasteiger partial charge is 0.337 e. The maximum Gasteiger partial charge on any atom is 0.0945 e. The molecule has 0 radical (unpaired) electrons. The molecule has 0 aliphatic carbocycles. The summed E-state index contributed by atoms with van der Waals surface area (Å²) < 4.78 is 2.13. The SMILES string of the molecule is Clc1ccccc1CCC(CCn1ccnc1)Cc1ccccc1Cl. The summed E-state index contributed by atoms with van der Waals surface area (Å²) >= 11 is 12.7. The van der Waals surface area contributed by atoms with Gasteiger partial charge in [-0.25, -0.2) is 4.98 Å². The standard InChI is InChI=1S/C21H22Cl2N2/c22-20-7-3-1-5-18(20)10-9-17(11-13-25-14-12-24-16-25)15-19-6-2-4-8-21(19)23/h1-8,12,14,16-17H,9-11,13,15H2. The quantitative estimate of drug-likeness (QED) is 0.468. The molecule has 3 aromatic rings. The van der Waals surface area contributed by atoms with Gasteiger partial charge >= 0.3 is 0 Å². The van der Waals surface area contributed by atoms with Crippen molar-refractivity contribution >= 4 is 23.2 Å². The molecule has 0 bridgehead atoms. The molecule has 25 heavy (non-hydrogen) atoms. The number of benzene rings is 2. The average molecular weight is 373 g/mol. The number of hydrogen-bond donors (Lipinski definition) is 0. The molecule has 1 aromatic heterocycles. The Morgan fingerprint density at radius 2 is 1.56 bits per heavy atom. The first-order valence-electron chi connectivity index (χ1n) is 8.65. The summed E-state index contributed by atoms with van der Waals surface area (Å²) in [5.41, 5.74) is 2.44. The molecule has 0 amide bonds. The van der Waals surface area contributed by atoms with Crippen molar-refractivity contribution in [2.24, 2.45) is 5.92 Å². The van der Waals surface area contributed by atoms with Crippen molar-refractivity contribution in [1.29, 1.82) is 0 Å². The van der Waals surface area contributed by atoms with Crippen LogP contribution in [0.2, 0.25) is 10.0 Å². The second kappa shape index (κ2) is 9.07. The molecule has 0 aliphatic rings. The maximum absolute atomic E-state index is 6.37. The summed E-state index contributed by atoms with van der Waals surface area (Å²) in [6.45, 7) is 0.970. The summed E-state index contributed by atoms with van der Waals surface area (Å²) in [5.74, 6) is 0.540. The van der Waals surface area contributed by atoms with E-state index in [1.54, 1.807) is 0 Å². The van der Waals surface area contributed by atoms with E-state index in [9.17, 15) is 0 Å². The van der Waals surface area contributed by atoms with Gasteiger partial charge in [0.05, 0.1) is 6.33 Å². The molecule has 130 valence electrons. The van der Waals surface area contributed by atoms with Crippen LogP contribution < -0.4 is 0 Å². The highest BCUT2D eigenvalue weighted by Crippen LogP contribution is 2.26. The van der Waals surface area contributed by atoms with Gasteiger partial charge in [0.15, 0.2) is 0 Å². The minimum atomic E-state index is 0.540. The molecule has 2 aromatic carbocycles. The van der Waals surface area contributed by atoms with Crippen molar-refractivity contribution in [3.63, 3.8) is 0 Å². The molecular formula is C21H22Cl2N2. The number of aromatic nitrogens is 2. The zero-order chi connectivity index (χ0) is 17.5. The third-order valence-electron chi connectivity index (χ3n) is 4.60. The van der Waals surface area contributed by atoms with Crippen molar-refractivity contribution in [2.75, 3.05) is 0 Å². The van der Waals surface area contributed by atoms with Crippen LogP contribution in [-0.2, 0) is 19.4 Å². The van der Waals surface area contributed by atoms with Gasteiger partial charge in [0.25, 0.3) is 0 Å². The molecule has 0 spiro atoms. The van der Waals surface area contributed by atoms with Crippen LogP contribution in [0.3, 0.4) is 0 Å². The van der Waals surface area contributed by atoms with E-state index in [0.29, 0.717) is 5.92 Å². The number of aryl methyl sites for hydroxylation is 2. The smallest absolute Gasteiger partial charge is 0.0945 e. The van der Waals surface area contributed by atoms with Crippen LogP contribution in [-0.4, -0.2) is 9.55 Å². The van der Waals surface area contributed by atoms with Gasteiger partial charge in [0.2, 0.25) is 0 Å². The van der Waals surface area contributed by atoms with Crippen LogP contribution in [0.1, 0.15) is 24.0 Å². The minimum absolute atomic E-state index is 0.540. The Labute approximate surface area is 159 Å². The van der Waals surface area contributed by atoms with Crippen molar-refractivity contribution in [3.8, 4) is 0 Å². The number of rotatable bonds is 8. The van der Waals surface area contributed by atoms with E-state index in [2.05, 4.69) is 33.8 Å². The Morgan fingerprint density at radius 1 is 0.880 bits per heavy atom. The summed E-state index contributed by atoms with van der Waals surface area (Å²) in [5, 5.41) is 1.71. The van der Waals surface area contributed by atoms with Gasteiger partial charge in [-0.2, -0.15) is 0 Å². The maximum atomic E-state index is 6.37. The van der Waals surface area contributed by atoms with Gasteiger partial charge in [0, 0.05) is 29.0 Å². The summed E-state index contributed by atoms with van der Waals surface area (Å²) in [4.78, 5) is 4.13. The molecule has 0 saturated heterocycles. The van der Waals surface area contributed by atoms with E-state index < -0.39 is 0 Å². The molecule has 1 atom stereocenters. The Balaban J connectivity index is 1.67. The highest BCUT2D eigenvalue weighted by Gasteiger charge is 2.13. The van der Waals surface area contributed by atoms with Gasteiger partial charge in [-0.3, -0.25) is 0 Å². The first-order valence-corrected chi connectivity index (χ1v) is 9.40. The fourth-order valence-corrected chi connectivity index (χ4v) is 3.58. The van der Waals surface area contributed by atoms with E-state index in [4.69, 9.17) is 23.2 Å². The monoisotopic (exact) mass is 372 g/mol. The van der Waals surface area contributed by atoms with Crippen LogP contribution in [0.15, 0.2) is 67.3 Å². The average Bonchev–Trinajstić information content (AvgIpc) is 3.14. The van der Waals surface area contributed by atoms with Crippen LogP contribution >= 0.6 is 23.2 Å². The van der Waals surface area contributed by atoms with Crippen molar-refractivity contribution in [2.45, 2.75) is 32.2 Å². The molecule has 0 saturated carbocycles. The number of nitrogens with zero attached hydrogens (tertiary/aromatic N) is 2. The fraction of sp³-hybridized carbons (Fsp3) is 0.286. The van der Waals surface area contributed by atoms with E-state index in [-0.39, 0.29) is 0 Å². The lowest BCUT2D eigenvalue weighted by molar-refractivity contribution is 0.416. The summed E-state index contributed by atoms with van der Waals surface area (Å²) in [6.07, 6.45) is 9.86. The van der Waals surface area contributed by atoms with Gasteiger partial charge in [-0.1, -0.05) is 59.6 Å². The van der Waals surface area contributed by atoms with Crippen molar-refractivity contribution < 1.29 is 0 Å². The highest BCUT2D eigenvalue weighted by atomic mass is 35.5. The van der Waals surface area contributed by atoms with Crippen LogP contribution in [0.5, 0.6) is 0 Å². The van der Waals surface area contributed by atoms with Crippen molar-refractivity contribution in [1.82, 2.24) is 9.55 Å². The normalized spacial score (nSPS) is 12.2. The lowest BCUT2D eigenvalue weighted by atomic mass is 9.90. The van der Waals surface area contributed by atoms with E-state index in [1.165, 1.54) is 11.1 Å². The zero-order valence-corrected chi connectivity index (χ0v) is 15.6. The molecule has 1 heterocycles. The molecule has 1 unspecified atom stereocenters. The summed E-state index contributed by atoms with van der Waals surface area (Å²) in [6, 6.07) is 16.2. The van der Waals surface area contributed by atoms with Crippen LogP contribution in [0.4, 0.5) is 0 Å². The first kappa shape index (κ1) is 18.0. The Hall–Kier alpha value is -1.77. The van der Waals surface area contributed by atoms with Gasteiger partial charge in [0.1, 0.15) is 0 Å². The molecule has 3 rings (SSSR count). The number of imidazole rings is 1. The van der Waals surface area contributed by atoms with Gasteiger partial charge < -0.3 is 4.57 Å². The molecule has 2 nitrogen and oxygen atoms in total. The topological polar surface area (TPSA) is 17.8 Å². The predicted molar refractivity (Wildman–Crippen MR) is 105 cm³/mol. The Bertz CT molecular complexity index is 784. The fourth-order valence-electron chi connectivity index (χ4n) is 3.13. The van der Waals surface area contributed by atoms with Crippen molar-refractivity contribution in [3.05, 3.63) is 88.4 Å². The molecular weight excluding hydrogens is 351 g/mol. The number of hydrogen-bond acceptors (Lipinski definition) is 1. The second-order valence-electron chi connectivity index (χ2n) is 6.38. The Morgan fingerprint density at radius 3 is 2.20 bits per heavy atom. The first-order chi connectivity index (χ1) is 12.2. The third kappa shape index (κ3) is 5.35. The van der Waals surface area contributed by atoms with Crippen LogP contribution in [0.25, 0.3) is 0 Å². The molecule has 0 fully saturated rings. The van der Waals surface area contributed by atoms with Gasteiger partial charge in [-0.15, -0.1) is 0 Å². The molecule has 0 N–H and O–H groups in total. The van der Waals surface area contributed by atoms with E-state index in [1.807, 2.05) is 43.0 Å². The molecule has 0 aliphatic heterocycles. The predicted octanol–water partition coefficient (Wildman–Crippen LogP) is 6.07. The summed E-state index contributed by atoms with van der Waals surface area (Å²) in [7, 11) is 0. The third-order valence-corrected chi connectivity index (χ3v) is 5.34.